The highest BCUT2D eigenvalue weighted by atomic mass is 16.2. The molecule has 1 rings (SSSR count). The summed E-state index contributed by atoms with van der Waals surface area (Å²) >= 11 is 0. The molecule has 0 radical (unpaired) electrons. The Morgan fingerprint density at radius 2 is 2.38 bits per heavy atom. The van der Waals surface area contributed by atoms with E-state index in [0.29, 0.717) is 6.54 Å². The number of hydrogen-bond donors (Lipinski definition) is 1. The van der Waals surface area contributed by atoms with Crippen molar-refractivity contribution in [1.29, 1.82) is 0 Å². The summed E-state index contributed by atoms with van der Waals surface area (Å²) in [6.45, 7) is 2.89. The number of nitrogens with two attached hydrogens (primary N) is 1. The van der Waals surface area contributed by atoms with Crippen LogP contribution < -0.4 is 5.73 Å². The molecule has 1 aliphatic heterocycles. The lowest BCUT2D eigenvalue weighted by atomic mass is 10.1. The molecule has 0 fully saturated rings. The van der Waals surface area contributed by atoms with Crippen LogP contribution in [0.2, 0.25) is 0 Å². The predicted molar refractivity (Wildman–Crippen MR) is 52.5 cm³/mol. The quantitative estimate of drug-likeness (QED) is 0.585. The molecule has 72 valence electrons. The first kappa shape index (κ1) is 9.77. The second kappa shape index (κ2) is 4.07. The molecule has 0 spiro atoms. The lowest BCUT2D eigenvalue weighted by Crippen LogP contribution is -2.37. The van der Waals surface area contributed by atoms with Crippen LogP contribution in [0.5, 0.6) is 0 Å². The van der Waals surface area contributed by atoms with Crippen LogP contribution >= 0.6 is 0 Å². The fraction of sp³-hybridized carbons (Fsp3) is 0.556. The molecule has 0 aliphatic carbocycles. The number of carbonyl (C=O) groups is 1. The Balaban J connectivity index is 2.75. The van der Waals surface area contributed by atoms with Crippen LogP contribution in [0.25, 0.3) is 0 Å². The van der Waals surface area contributed by atoms with Crippen molar-refractivity contribution in [2.75, 3.05) is 20.1 Å². The number of hydrogen-bond acceptors (Lipinski definition) is 3. The van der Waals surface area contributed by atoms with Crippen LogP contribution in [0.3, 0.4) is 0 Å². The summed E-state index contributed by atoms with van der Waals surface area (Å²) in [7, 11) is 1.70. The third-order valence-corrected chi connectivity index (χ3v) is 2.15. The highest BCUT2D eigenvalue weighted by molar-refractivity contribution is 5.82. The van der Waals surface area contributed by atoms with E-state index in [0.717, 1.165) is 24.2 Å². The Morgan fingerprint density at radius 1 is 1.69 bits per heavy atom. The van der Waals surface area contributed by atoms with Crippen molar-refractivity contribution < 1.29 is 4.79 Å². The zero-order valence-corrected chi connectivity index (χ0v) is 8.08. The summed E-state index contributed by atoms with van der Waals surface area (Å²) < 4.78 is 0. The number of aliphatic imine (C=N–C) groups is 1. The van der Waals surface area contributed by atoms with E-state index < -0.39 is 0 Å². The molecular weight excluding hydrogens is 166 g/mol. The van der Waals surface area contributed by atoms with Gasteiger partial charge in [0, 0.05) is 51.0 Å². The molecule has 0 saturated heterocycles. The van der Waals surface area contributed by atoms with Crippen molar-refractivity contribution >= 4 is 12.1 Å². The molecule has 1 heterocycles. The predicted octanol–water partition coefficient (Wildman–Crippen LogP) is 0.152. The minimum absolute atomic E-state index is 0.0921. The van der Waals surface area contributed by atoms with E-state index in [2.05, 4.69) is 4.99 Å². The van der Waals surface area contributed by atoms with E-state index in [1.165, 1.54) is 0 Å². The Bertz CT molecular complexity index is 268. The molecule has 13 heavy (non-hydrogen) atoms. The first-order chi connectivity index (χ1) is 6.15. The average molecular weight is 181 g/mol. The molecule has 1 aliphatic rings. The third kappa shape index (κ3) is 2.31. The number of carbonyl (C=O) groups excluding carboxylic acids is 1. The van der Waals surface area contributed by atoms with Crippen molar-refractivity contribution in [3.05, 3.63) is 11.3 Å². The SMILES string of the molecule is CN=CC1=C(N)CCN(C(C)=O)C1. The molecule has 1 amide bonds. The first-order valence-corrected chi connectivity index (χ1v) is 4.30. The van der Waals surface area contributed by atoms with Crippen LogP contribution in [0, 0.1) is 0 Å². The van der Waals surface area contributed by atoms with Gasteiger partial charge in [-0.25, -0.2) is 0 Å². The van der Waals surface area contributed by atoms with Crippen molar-refractivity contribution in [3.63, 3.8) is 0 Å². The summed E-state index contributed by atoms with van der Waals surface area (Å²) in [5, 5.41) is 0. The fourth-order valence-electron chi connectivity index (χ4n) is 1.35. The Labute approximate surface area is 78.1 Å². The maximum atomic E-state index is 11.1. The van der Waals surface area contributed by atoms with Gasteiger partial charge in [0.15, 0.2) is 0 Å². The normalized spacial score (nSPS) is 18.5. The zero-order valence-electron chi connectivity index (χ0n) is 8.08. The summed E-state index contributed by atoms with van der Waals surface area (Å²) in [5.74, 6) is 0.0921. The smallest absolute Gasteiger partial charge is 0.219 e. The molecule has 0 aromatic carbocycles. The lowest BCUT2D eigenvalue weighted by Gasteiger charge is -2.27. The van der Waals surface area contributed by atoms with Crippen molar-refractivity contribution in [1.82, 2.24) is 4.90 Å². The van der Waals surface area contributed by atoms with Crippen molar-refractivity contribution in [2.45, 2.75) is 13.3 Å². The molecule has 0 bridgehead atoms. The summed E-state index contributed by atoms with van der Waals surface area (Å²) in [6, 6.07) is 0. The van der Waals surface area contributed by atoms with Gasteiger partial charge in [0.05, 0.1) is 0 Å². The van der Waals surface area contributed by atoms with Crippen molar-refractivity contribution in [2.24, 2.45) is 10.7 Å². The van der Waals surface area contributed by atoms with Crippen LogP contribution in [-0.2, 0) is 4.79 Å². The van der Waals surface area contributed by atoms with Gasteiger partial charge in [-0.3, -0.25) is 9.79 Å². The second-order valence-electron chi connectivity index (χ2n) is 3.13. The number of rotatable bonds is 1. The molecule has 2 N–H and O–H groups in total. The maximum absolute atomic E-state index is 11.1. The van der Waals surface area contributed by atoms with Crippen molar-refractivity contribution in [3.8, 4) is 0 Å². The zero-order chi connectivity index (χ0) is 9.84. The van der Waals surface area contributed by atoms with E-state index >= 15 is 0 Å². The largest absolute Gasteiger partial charge is 0.402 e. The van der Waals surface area contributed by atoms with Crippen LogP contribution in [-0.4, -0.2) is 37.2 Å². The number of nitrogens with zero attached hydrogens (tertiary/aromatic N) is 2. The van der Waals surface area contributed by atoms with Gasteiger partial charge in [-0.15, -0.1) is 0 Å². The van der Waals surface area contributed by atoms with Gasteiger partial charge in [-0.2, -0.15) is 0 Å². The first-order valence-electron chi connectivity index (χ1n) is 4.30. The average Bonchev–Trinajstić information content (AvgIpc) is 2.08. The molecule has 0 atom stereocenters. The van der Waals surface area contributed by atoms with E-state index in [1.54, 1.807) is 25.1 Å². The molecule has 0 saturated carbocycles. The van der Waals surface area contributed by atoms with Crippen LogP contribution in [0.1, 0.15) is 13.3 Å². The maximum Gasteiger partial charge on any atom is 0.219 e. The third-order valence-electron chi connectivity index (χ3n) is 2.15. The molecule has 0 aromatic heterocycles. The van der Waals surface area contributed by atoms with E-state index in [1.807, 2.05) is 0 Å². The van der Waals surface area contributed by atoms with Gasteiger partial charge in [0.2, 0.25) is 5.91 Å². The van der Waals surface area contributed by atoms with Gasteiger partial charge in [-0.05, 0) is 0 Å². The Hall–Kier alpha value is -1.32. The highest BCUT2D eigenvalue weighted by Gasteiger charge is 2.17. The minimum atomic E-state index is 0.0921. The van der Waals surface area contributed by atoms with Crippen LogP contribution in [0.4, 0.5) is 0 Å². The van der Waals surface area contributed by atoms with E-state index in [4.69, 9.17) is 5.73 Å². The number of amides is 1. The molecule has 0 aromatic rings. The fourth-order valence-corrected chi connectivity index (χ4v) is 1.35. The van der Waals surface area contributed by atoms with Gasteiger partial charge < -0.3 is 10.6 Å². The topological polar surface area (TPSA) is 58.7 Å². The van der Waals surface area contributed by atoms with Crippen LogP contribution in [0.15, 0.2) is 16.3 Å². The van der Waals surface area contributed by atoms with Gasteiger partial charge in [0.25, 0.3) is 0 Å². The summed E-state index contributed by atoms with van der Waals surface area (Å²) in [6.07, 6.45) is 2.48. The van der Waals surface area contributed by atoms with Gasteiger partial charge in [-0.1, -0.05) is 0 Å². The Morgan fingerprint density at radius 3 is 2.92 bits per heavy atom. The second-order valence-corrected chi connectivity index (χ2v) is 3.13. The highest BCUT2D eigenvalue weighted by Crippen LogP contribution is 2.12. The summed E-state index contributed by atoms with van der Waals surface area (Å²) in [4.78, 5) is 16.7. The lowest BCUT2D eigenvalue weighted by molar-refractivity contribution is -0.128. The standard InChI is InChI=1S/C9H15N3O/c1-7(13)12-4-3-9(10)8(6-12)5-11-2/h5H,3-4,6,10H2,1-2H3. The molecule has 4 nitrogen and oxygen atoms in total. The molecular formula is C9H15N3O. The Kier molecular flexibility index (Phi) is 3.06. The molecule has 4 heteroatoms. The van der Waals surface area contributed by atoms with Gasteiger partial charge >= 0.3 is 0 Å². The van der Waals surface area contributed by atoms with Gasteiger partial charge in [0.1, 0.15) is 0 Å². The van der Waals surface area contributed by atoms with E-state index in [9.17, 15) is 4.79 Å². The monoisotopic (exact) mass is 181 g/mol. The minimum Gasteiger partial charge on any atom is -0.402 e. The van der Waals surface area contributed by atoms with E-state index in [-0.39, 0.29) is 5.91 Å². The summed E-state index contributed by atoms with van der Waals surface area (Å²) in [5.41, 5.74) is 7.59. The molecule has 0 unspecified atom stereocenters.